The molecule has 0 bridgehead atoms. The Morgan fingerprint density at radius 3 is 2.96 bits per heavy atom. The fourth-order valence-corrected chi connectivity index (χ4v) is 2.72. The van der Waals surface area contributed by atoms with E-state index in [4.69, 9.17) is 21.1 Å². The Balaban J connectivity index is 2.07. The van der Waals surface area contributed by atoms with Crippen molar-refractivity contribution in [3.05, 3.63) is 53.0 Å². The highest BCUT2D eigenvalue weighted by atomic mass is 35.5. The Morgan fingerprint density at radius 2 is 2.22 bits per heavy atom. The van der Waals surface area contributed by atoms with Crippen LogP contribution in [0.2, 0.25) is 5.02 Å². The second-order valence-electron chi connectivity index (χ2n) is 5.97. The number of fused-ring (bicyclic) bond motifs is 2. The van der Waals surface area contributed by atoms with E-state index in [1.165, 1.54) is 29.1 Å². The van der Waals surface area contributed by atoms with Gasteiger partial charge >= 0.3 is 0 Å². The van der Waals surface area contributed by atoms with Crippen molar-refractivity contribution in [3.8, 4) is 5.75 Å². The summed E-state index contributed by atoms with van der Waals surface area (Å²) in [5.74, 6) is -0.131. The van der Waals surface area contributed by atoms with E-state index < -0.39 is 5.82 Å². The number of carbonyl (C=O) groups is 1. The van der Waals surface area contributed by atoms with E-state index in [1.807, 2.05) is 0 Å². The number of aryl methyl sites for hydroxylation is 1. The predicted octanol–water partition coefficient (Wildman–Crippen LogP) is 3.16. The summed E-state index contributed by atoms with van der Waals surface area (Å²) < 4.78 is 26.7. The van der Waals surface area contributed by atoms with Gasteiger partial charge in [-0.3, -0.25) is 9.48 Å². The summed E-state index contributed by atoms with van der Waals surface area (Å²) in [5.41, 5.74) is 0.627. The minimum absolute atomic E-state index is 0.0836. The molecular weight excluding hydrogens is 375 g/mol. The number of nitrogens with zero attached hydrogens (tertiary/aromatic N) is 3. The number of rotatable bonds is 1. The molecular formula is C18H18ClFN4O3. The third kappa shape index (κ3) is 3.95. The van der Waals surface area contributed by atoms with Crippen LogP contribution in [0.1, 0.15) is 22.8 Å². The Kier molecular flexibility index (Phi) is 5.46. The number of hydrogen-bond donors (Lipinski definition) is 1. The first-order valence-electron chi connectivity index (χ1n) is 8.17. The van der Waals surface area contributed by atoms with Gasteiger partial charge in [0.15, 0.2) is 5.82 Å². The zero-order valence-corrected chi connectivity index (χ0v) is 15.6. The van der Waals surface area contributed by atoms with Crippen LogP contribution < -0.4 is 10.1 Å². The van der Waals surface area contributed by atoms with Crippen LogP contribution in [0.5, 0.6) is 5.75 Å². The standard InChI is InChI=1S/C18H18ClFN4O3/c1-4-15-23-17-11(7-21-24(17)3)18(25)22-10(2)8-26-14-6-5-13(20)16(19)12(14)9-27-15/h4-7,10H,1,8-9H2,2-3H3,(H,22,25)/b23-15+. The van der Waals surface area contributed by atoms with Crippen molar-refractivity contribution in [2.45, 2.75) is 19.6 Å². The predicted molar refractivity (Wildman–Crippen MR) is 99.1 cm³/mol. The first kappa shape index (κ1) is 18.9. The molecule has 0 radical (unpaired) electrons. The molecule has 1 amide bonds. The largest absolute Gasteiger partial charge is 0.491 e. The smallest absolute Gasteiger partial charge is 0.257 e. The molecule has 9 heteroatoms. The number of hydrogen-bond acceptors (Lipinski definition) is 5. The molecule has 1 aliphatic rings. The van der Waals surface area contributed by atoms with Gasteiger partial charge in [0.25, 0.3) is 5.91 Å². The fourth-order valence-electron chi connectivity index (χ4n) is 2.51. The topological polar surface area (TPSA) is 77.7 Å². The Bertz CT molecular complexity index is 926. The molecule has 142 valence electrons. The number of nitrogens with one attached hydrogen (secondary N) is 1. The first-order valence-corrected chi connectivity index (χ1v) is 8.55. The Morgan fingerprint density at radius 1 is 1.44 bits per heavy atom. The van der Waals surface area contributed by atoms with Gasteiger partial charge in [-0.05, 0) is 25.1 Å². The number of amides is 1. The molecule has 1 aliphatic heterocycles. The Hall–Kier alpha value is -2.87. The molecule has 2 heterocycles. The van der Waals surface area contributed by atoms with Crippen molar-refractivity contribution in [2.24, 2.45) is 12.0 Å². The molecule has 1 aromatic heterocycles. The summed E-state index contributed by atoms with van der Waals surface area (Å²) in [5, 5.41) is 6.79. The molecule has 0 fully saturated rings. The zero-order chi connectivity index (χ0) is 19.6. The summed E-state index contributed by atoms with van der Waals surface area (Å²) in [6.45, 7) is 5.52. The van der Waals surface area contributed by atoms with E-state index in [2.05, 4.69) is 22.0 Å². The van der Waals surface area contributed by atoms with Crippen LogP contribution in [0.25, 0.3) is 0 Å². The molecule has 0 saturated heterocycles. The average Bonchev–Trinajstić information content (AvgIpc) is 3.00. The molecule has 3 rings (SSSR count). The number of benzene rings is 1. The molecule has 1 atom stereocenters. The summed E-state index contributed by atoms with van der Waals surface area (Å²) >= 11 is 6.09. The van der Waals surface area contributed by atoms with E-state index >= 15 is 0 Å². The number of aliphatic imine (C=N–C) groups is 1. The van der Waals surface area contributed by atoms with Gasteiger partial charge in [-0.25, -0.2) is 4.39 Å². The second-order valence-corrected chi connectivity index (χ2v) is 6.35. The lowest BCUT2D eigenvalue weighted by Crippen LogP contribution is -2.36. The summed E-state index contributed by atoms with van der Waals surface area (Å²) in [4.78, 5) is 16.9. The molecule has 2 aromatic rings. The summed E-state index contributed by atoms with van der Waals surface area (Å²) in [7, 11) is 1.66. The van der Waals surface area contributed by atoms with Crippen LogP contribution in [-0.2, 0) is 18.4 Å². The van der Waals surface area contributed by atoms with Gasteiger partial charge in [0.2, 0.25) is 5.90 Å². The SMILES string of the molecule is C=C/C1=N\c2c(cnn2C)C(=O)NC(C)COc2ccc(F)c(Cl)c2CO1. The number of carbonyl (C=O) groups excluding carboxylic acids is 1. The maximum atomic E-state index is 13.9. The zero-order valence-electron chi connectivity index (χ0n) is 14.8. The normalized spacial score (nSPS) is 19.5. The minimum Gasteiger partial charge on any atom is -0.491 e. The van der Waals surface area contributed by atoms with Crippen LogP contribution >= 0.6 is 11.6 Å². The molecule has 0 spiro atoms. The molecule has 1 aromatic carbocycles. The van der Waals surface area contributed by atoms with Crippen LogP contribution in [-0.4, -0.2) is 34.2 Å². The molecule has 27 heavy (non-hydrogen) atoms. The van der Waals surface area contributed by atoms with E-state index in [0.717, 1.165) is 0 Å². The average molecular weight is 393 g/mol. The Labute approximate surface area is 160 Å². The summed E-state index contributed by atoms with van der Waals surface area (Å²) in [6, 6.07) is 2.36. The van der Waals surface area contributed by atoms with Gasteiger partial charge in [0, 0.05) is 7.05 Å². The van der Waals surface area contributed by atoms with E-state index in [1.54, 1.807) is 14.0 Å². The van der Waals surface area contributed by atoms with Gasteiger partial charge in [-0.1, -0.05) is 18.2 Å². The highest BCUT2D eigenvalue weighted by Gasteiger charge is 2.21. The van der Waals surface area contributed by atoms with Crippen molar-refractivity contribution < 1.29 is 18.7 Å². The van der Waals surface area contributed by atoms with Crippen molar-refractivity contribution >= 4 is 29.2 Å². The molecule has 0 saturated carbocycles. The van der Waals surface area contributed by atoms with Crippen molar-refractivity contribution in [1.29, 1.82) is 0 Å². The lowest BCUT2D eigenvalue weighted by Gasteiger charge is -2.17. The molecule has 1 N–H and O–H groups in total. The highest BCUT2D eigenvalue weighted by Crippen LogP contribution is 2.30. The maximum Gasteiger partial charge on any atom is 0.257 e. The van der Waals surface area contributed by atoms with Crippen LogP contribution in [0.4, 0.5) is 10.2 Å². The molecule has 7 nitrogen and oxygen atoms in total. The first-order chi connectivity index (χ1) is 12.9. The van der Waals surface area contributed by atoms with Gasteiger partial charge in [0.1, 0.15) is 30.3 Å². The minimum atomic E-state index is -0.584. The molecule has 1 unspecified atom stereocenters. The van der Waals surface area contributed by atoms with Crippen molar-refractivity contribution in [2.75, 3.05) is 6.61 Å². The maximum absolute atomic E-state index is 13.9. The third-order valence-electron chi connectivity index (χ3n) is 3.93. The van der Waals surface area contributed by atoms with E-state index in [0.29, 0.717) is 17.1 Å². The number of aromatic nitrogens is 2. The van der Waals surface area contributed by atoms with Crippen molar-refractivity contribution in [3.63, 3.8) is 0 Å². The quantitative estimate of drug-likeness (QED) is 0.808. The third-order valence-corrected chi connectivity index (χ3v) is 4.34. The van der Waals surface area contributed by atoms with E-state index in [-0.39, 0.29) is 41.6 Å². The van der Waals surface area contributed by atoms with Crippen LogP contribution in [0.3, 0.4) is 0 Å². The number of halogens is 2. The monoisotopic (exact) mass is 392 g/mol. The highest BCUT2D eigenvalue weighted by molar-refractivity contribution is 6.31. The lowest BCUT2D eigenvalue weighted by molar-refractivity contribution is 0.0927. The van der Waals surface area contributed by atoms with Gasteiger partial charge in [0.05, 0.1) is 22.8 Å². The van der Waals surface area contributed by atoms with Gasteiger partial charge < -0.3 is 14.8 Å². The second kappa shape index (κ2) is 7.79. The van der Waals surface area contributed by atoms with Gasteiger partial charge in [-0.2, -0.15) is 10.1 Å². The summed E-state index contributed by atoms with van der Waals surface area (Å²) in [6.07, 6.45) is 2.80. The fraction of sp³-hybridized carbons (Fsp3) is 0.278. The molecule has 0 aliphatic carbocycles. The van der Waals surface area contributed by atoms with Crippen LogP contribution in [0, 0.1) is 5.82 Å². The van der Waals surface area contributed by atoms with Gasteiger partial charge in [-0.15, -0.1) is 0 Å². The lowest BCUT2D eigenvalue weighted by atomic mass is 10.2. The van der Waals surface area contributed by atoms with E-state index in [9.17, 15) is 9.18 Å². The van der Waals surface area contributed by atoms with Crippen LogP contribution in [0.15, 0.2) is 36.0 Å². The van der Waals surface area contributed by atoms with Crippen molar-refractivity contribution in [1.82, 2.24) is 15.1 Å². The number of ether oxygens (including phenoxy) is 2.